The molecule has 16 heavy (non-hydrogen) atoms. The summed E-state index contributed by atoms with van der Waals surface area (Å²) >= 11 is 0. The third-order valence-corrected chi connectivity index (χ3v) is 3.87. The average molecular weight is 240 g/mol. The Morgan fingerprint density at radius 3 is 2.56 bits per heavy atom. The largest absolute Gasteiger partial charge is 0.328 e. The summed E-state index contributed by atoms with van der Waals surface area (Å²) < 4.78 is 26.4. The Bertz CT molecular complexity index is 495. The number of hydrogen-bond acceptors (Lipinski definition) is 3. The summed E-state index contributed by atoms with van der Waals surface area (Å²) in [6, 6.07) is 6.36. The van der Waals surface area contributed by atoms with Crippen LogP contribution in [0.4, 0.5) is 5.69 Å². The van der Waals surface area contributed by atoms with E-state index in [0.29, 0.717) is 12.1 Å². The van der Waals surface area contributed by atoms with Crippen LogP contribution in [0.3, 0.4) is 0 Å². The Hall–Kier alpha value is -1.40. The molecule has 0 bridgehead atoms. The Balaban J connectivity index is 2.33. The predicted octanol–water partition coefficient (Wildman–Crippen LogP) is 0.696. The summed E-state index contributed by atoms with van der Waals surface area (Å²) in [7, 11) is -3.52. The monoisotopic (exact) mass is 240 g/mol. The van der Waals surface area contributed by atoms with Crippen LogP contribution in [0.2, 0.25) is 0 Å². The molecule has 1 aliphatic rings. The van der Waals surface area contributed by atoms with Gasteiger partial charge in [-0.1, -0.05) is 12.1 Å². The molecule has 0 radical (unpaired) electrons. The minimum Gasteiger partial charge on any atom is -0.328 e. The number of para-hydroxylation sites is 1. The van der Waals surface area contributed by atoms with E-state index in [9.17, 15) is 13.2 Å². The van der Waals surface area contributed by atoms with Gasteiger partial charge in [0.2, 0.25) is 16.4 Å². The van der Waals surface area contributed by atoms with E-state index in [4.69, 9.17) is 0 Å². The molecule has 1 aromatic rings. The van der Waals surface area contributed by atoms with Crippen molar-refractivity contribution >= 4 is 22.1 Å². The van der Waals surface area contributed by atoms with E-state index >= 15 is 0 Å². The third-order valence-electron chi connectivity index (χ3n) is 2.29. The molecule has 2 rings (SSSR count). The zero-order valence-corrected chi connectivity index (χ0v) is 9.33. The standard InChI is InChI=1S/C10H12N2O3S/c13-7-11-9-3-1-2-4-10(9)16(14,15)12-8-5-6-8/h1-4,7-8,12H,5-6H2,(H,11,13). The summed E-state index contributed by atoms with van der Waals surface area (Å²) in [6.07, 6.45) is 2.22. The number of sulfonamides is 1. The molecule has 0 spiro atoms. The van der Waals surface area contributed by atoms with Gasteiger partial charge >= 0.3 is 0 Å². The van der Waals surface area contributed by atoms with Crippen LogP contribution >= 0.6 is 0 Å². The number of carbonyl (C=O) groups excluding carboxylic acids is 1. The molecular weight excluding hydrogens is 228 g/mol. The predicted molar refractivity (Wildman–Crippen MR) is 59.5 cm³/mol. The van der Waals surface area contributed by atoms with E-state index < -0.39 is 10.0 Å². The smallest absolute Gasteiger partial charge is 0.242 e. The van der Waals surface area contributed by atoms with Gasteiger partial charge in [-0.3, -0.25) is 4.79 Å². The van der Waals surface area contributed by atoms with Crippen LogP contribution in [0.15, 0.2) is 29.2 Å². The molecule has 1 fully saturated rings. The van der Waals surface area contributed by atoms with Crippen molar-refractivity contribution in [1.29, 1.82) is 0 Å². The fourth-order valence-corrected chi connectivity index (χ4v) is 2.84. The molecule has 1 amide bonds. The number of nitrogens with one attached hydrogen (secondary N) is 2. The molecule has 1 saturated carbocycles. The van der Waals surface area contributed by atoms with Gasteiger partial charge in [-0.2, -0.15) is 0 Å². The van der Waals surface area contributed by atoms with Crippen molar-refractivity contribution in [3.63, 3.8) is 0 Å². The van der Waals surface area contributed by atoms with Crippen molar-refractivity contribution in [2.24, 2.45) is 0 Å². The fraction of sp³-hybridized carbons (Fsp3) is 0.300. The molecule has 0 saturated heterocycles. The van der Waals surface area contributed by atoms with Gasteiger partial charge in [0.05, 0.1) is 5.69 Å². The normalized spacial score (nSPS) is 15.8. The molecule has 0 aliphatic heterocycles. The highest BCUT2D eigenvalue weighted by molar-refractivity contribution is 7.89. The second kappa shape index (κ2) is 4.23. The van der Waals surface area contributed by atoms with Gasteiger partial charge in [0, 0.05) is 6.04 Å². The lowest BCUT2D eigenvalue weighted by Crippen LogP contribution is -2.26. The Kier molecular flexibility index (Phi) is 2.93. The molecule has 0 unspecified atom stereocenters. The molecular formula is C10H12N2O3S. The average Bonchev–Trinajstić information content (AvgIpc) is 3.02. The highest BCUT2D eigenvalue weighted by Gasteiger charge is 2.29. The van der Waals surface area contributed by atoms with Crippen molar-refractivity contribution in [3.05, 3.63) is 24.3 Å². The first kappa shape index (κ1) is 11.1. The summed E-state index contributed by atoms with van der Waals surface area (Å²) in [5, 5.41) is 2.38. The lowest BCUT2D eigenvalue weighted by molar-refractivity contribution is -0.105. The van der Waals surface area contributed by atoms with E-state index in [0.717, 1.165) is 12.8 Å². The second-order valence-corrected chi connectivity index (χ2v) is 5.34. The van der Waals surface area contributed by atoms with Crippen LogP contribution in [-0.2, 0) is 14.8 Å². The lowest BCUT2D eigenvalue weighted by atomic mass is 10.3. The molecule has 5 nitrogen and oxygen atoms in total. The zero-order valence-electron chi connectivity index (χ0n) is 8.51. The number of anilines is 1. The first-order valence-corrected chi connectivity index (χ1v) is 6.43. The van der Waals surface area contributed by atoms with Crippen LogP contribution in [0.5, 0.6) is 0 Å². The fourth-order valence-electron chi connectivity index (χ4n) is 1.37. The summed E-state index contributed by atoms with van der Waals surface area (Å²) in [4.78, 5) is 10.5. The molecule has 1 aliphatic carbocycles. The van der Waals surface area contributed by atoms with Gasteiger partial charge in [-0.25, -0.2) is 13.1 Å². The Morgan fingerprint density at radius 1 is 1.25 bits per heavy atom. The first-order valence-electron chi connectivity index (χ1n) is 4.95. The minimum absolute atomic E-state index is 0.0503. The van der Waals surface area contributed by atoms with Gasteiger partial charge in [-0.15, -0.1) is 0 Å². The minimum atomic E-state index is -3.52. The van der Waals surface area contributed by atoms with E-state index in [-0.39, 0.29) is 10.9 Å². The lowest BCUT2D eigenvalue weighted by Gasteiger charge is -2.09. The number of amides is 1. The van der Waals surface area contributed by atoms with Crippen LogP contribution in [0, 0.1) is 0 Å². The van der Waals surface area contributed by atoms with Gasteiger partial charge < -0.3 is 5.32 Å². The van der Waals surface area contributed by atoms with Crippen molar-refractivity contribution in [2.45, 2.75) is 23.8 Å². The van der Waals surface area contributed by atoms with E-state index in [2.05, 4.69) is 10.0 Å². The quantitative estimate of drug-likeness (QED) is 0.744. The molecule has 0 aromatic heterocycles. The molecule has 0 atom stereocenters. The van der Waals surface area contributed by atoms with Gasteiger partial charge in [0.25, 0.3) is 0 Å². The van der Waals surface area contributed by atoms with Crippen molar-refractivity contribution in [1.82, 2.24) is 4.72 Å². The maximum Gasteiger partial charge on any atom is 0.242 e. The molecule has 86 valence electrons. The van der Waals surface area contributed by atoms with Crippen molar-refractivity contribution in [2.75, 3.05) is 5.32 Å². The Morgan fingerprint density at radius 2 is 1.94 bits per heavy atom. The Labute approximate surface area is 93.9 Å². The van der Waals surface area contributed by atoms with E-state index in [1.807, 2.05) is 0 Å². The molecule has 6 heteroatoms. The maximum absolute atomic E-state index is 11.9. The van der Waals surface area contributed by atoms with Gasteiger partial charge in [0.15, 0.2) is 0 Å². The van der Waals surface area contributed by atoms with Crippen LogP contribution in [-0.4, -0.2) is 20.9 Å². The van der Waals surface area contributed by atoms with Crippen LogP contribution in [0.1, 0.15) is 12.8 Å². The van der Waals surface area contributed by atoms with Crippen molar-refractivity contribution in [3.8, 4) is 0 Å². The van der Waals surface area contributed by atoms with E-state index in [1.54, 1.807) is 18.2 Å². The SMILES string of the molecule is O=CNc1ccccc1S(=O)(=O)NC1CC1. The second-order valence-electron chi connectivity index (χ2n) is 3.65. The summed E-state index contributed by atoms with van der Waals surface area (Å²) in [5.74, 6) is 0. The van der Waals surface area contributed by atoms with Gasteiger partial charge in [0.1, 0.15) is 4.90 Å². The zero-order chi connectivity index (χ0) is 11.6. The molecule has 1 aromatic carbocycles. The first-order chi connectivity index (χ1) is 7.63. The van der Waals surface area contributed by atoms with Crippen LogP contribution in [0.25, 0.3) is 0 Å². The molecule has 0 heterocycles. The highest BCUT2D eigenvalue weighted by atomic mass is 32.2. The number of rotatable bonds is 5. The van der Waals surface area contributed by atoms with E-state index in [1.165, 1.54) is 6.07 Å². The number of benzene rings is 1. The summed E-state index contributed by atoms with van der Waals surface area (Å²) in [6.45, 7) is 0. The highest BCUT2D eigenvalue weighted by Crippen LogP contribution is 2.25. The maximum atomic E-state index is 11.9. The third kappa shape index (κ3) is 2.40. The molecule has 2 N–H and O–H groups in total. The van der Waals surface area contributed by atoms with Crippen molar-refractivity contribution < 1.29 is 13.2 Å². The van der Waals surface area contributed by atoms with Crippen LogP contribution < -0.4 is 10.0 Å². The van der Waals surface area contributed by atoms with Gasteiger partial charge in [-0.05, 0) is 25.0 Å². The number of carbonyl (C=O) groups is 1. The topological polar surface area (TPSA) is 75.3 Å². The number of hydrogen-bond donors (Lipinski definition) is 2. The summed E-state index contributed by atoms with van der Waals surface area (Å²) in [5.41, 5.74) is 0.297.